The second kappa shape index (κ2) is 8.06. The number of nitro groups is 1. The number of hydrogen-bond acceptors (Lipinski definition) is 4. The fourth-order valence-electron chi connectivity index (χ4n) is 2.86. The zero-order valence-corrected chi connectivity index (χ0v) is 15.6. The molecule has 5 nitrogen and oxygen atoms in total. The van der Waals surface area contributed by atoms with Crippen molar-refractivity contribution in [1.82, 2.24) is 0 Å². The molecule has 0 aromatic heterocycles. The maximum Gasteiger partial charge on any atom is 0.275 e. The van der Waals surface area contributed by atoms with Gasteiger partial charge in [-0.25, -0.2) is 0 Å². The lowest BCUT2D eigenvalue weighted by Crippen LogP contribution is -2.20. The van der Waals surface area contributed by atoms with Crippen molar-refractivity contribution in [3.05, 3.63) is 98.0 Å². The van der Waals surface area contributed by atoms with Crippen molar-refractivity contribution in [2.45, 2.75) is 12.1 Å². The number of nitro benzene ring substituents is 1. The molecule has 0 bridgehead atoms. The van der Waals surface area contributed by atoms with Gasteiger partial charge in [-0.1, -0.05) is 65.7 Å². The fraction of sp³-hybridized carbons (Fsp3) is 0.100. The molecule has 3 aromatic carbocycles. The fourth-order valence-corrected chi connectivity index (χ4v) is 3.16. The van der Waals surface area contributed by atoms with Crippen LogP contribution in [0, 0.1) is 10.1 Å². The first-order valence-corrected chi connectivity index (χ1v) is 8.86. The highest BCUT2D eigenvalue weighted by molar-refractivity contribution is 6.42. The number of aliphatic hydroxyl groups is 1. The summed E-state index contributed by atoms with van der Waals surface area (Å²) in [5, 5.41) is 22.9. The quantitative estimate of drug-likeness (QED) is 0.447. The van der Waals surface area contributed by atoms with Crippen molar-refractivity contribution in [2.24, 2.45) is 5.73 Å². The third-order valence-electron chi connectivity index (χ3n) is 4.32. The number of halogens is 2. The highest BCUT2D eigenvalue weighted by Gasteiger charge is 2.27. The highest BCUT2D eigenvalue weighted by Crippen LogP contribution is 2.36. The van der Waals surface area contributed by atoms with E-state index in [0.717, 1.165) is 5.56 Å². The first kappa shape index (κ1) is 19.3. The average Bonchev–Trinajstić information content (AvgIpc) is 2.69. The maximum absolute atomic E-state index is 11.6. The van der Waals surface area contributed by atoms with Crippen LogP contribution in [0.3, 0.4) is 0 Å². The molecule has 7 heteroatoms. The topological polar surface area (TPSA) is 89.4 Å². The molecule has 0 aliphatic rings. The highest BCUT2D eigenvalue weighted by atomic mass is 35.5. The molecule has 0 amide bonds. The van der Waals surface area contributed by atoms with Crippen LogP contribution >= 0.6 is 23.2 Å². The molecule has 0 spiro atoms. The Hall–Kier alpha value is -2.44. The van der Waals surface area contributed by atoms with Crippen LogP contribution in [-0.2, 0) is 0 Å². The molecule has 3 rings (SSSR count). The summed E-state index contributed by atoms with van der Waals surface area (Å²) in [6.45, 7) is 0. The smallest absolute Gasteiger partial charge is 0.275 e. The summed E-state index contributed by atoms with van der Waals surface area (Å²) >= 11 is 11.9. The Morgan fingerprint density at radius 1 is 0.926 bits per heavy atom. The van der Waals surface area contributed by atoms with Crippen molar-refractivity contribution in [3.8, 4) is 11.1 Å². The number of aliphatic hydroxyl groups excluding tert-OH is 1. The van der Waals surface area contributed by atoms with Crippen LogP contribution in [0.2, 0.25) is 10.0 Å². The lowest BCUT2D eigenvalue weighted by atomic mass is 9.93. The van der Waals surface area contributed by atoms with Gasteiger partial charge in [-0.05, 0) is 34.9 Å². The van der Waals surface area contributed by atoms with E-state index in [1.165, 1.54) is 12.1 Å². The monoisotopic (exact) mass is 402 g/mol. The van der Waals surface area contributed by atoms with Crippen molar-refractivity contribution >= 4 is 28.9 Å². The second-order valence-corrected chi connectivity index (χ2v) is 6.86. The van der Waals surface area contributed by atoms with E-state index < -0.39 is 17.1 Å². The van der Waals surface area contributed by atoms with Crippen LogP contribution in [0.4, 0.5) is 5.69 Å². The van der Waals surface area contributed by atoms with E-state index >= 15 is 0 Å². The van der Waals surface area contributed by atoms with Gasteiger partial charge in [-0.3, -0.25) is 10.1 Å². The average molecular weight is 403 g/mol. The molecule has 0 saturated carbocycles. The van der Waals surface area contributed by atoms with Gasteiger partial charge < -0.3 is 10.8 Å². The Kier molecular flexibility index (Phi) is 5.77. The van der Waals surface area contributed by atoms with E-state index in [-0.39, 0.29) is 11.3 Å². The van der Waals surface area contributed by atoms with E-state index in [1.807, 2.05) is 30.3 Å². The van der Waals surface area contributed by atoms with Gasteiger partial charge in [0, 0.05) is 6.07 Å². The summed E-state index contributed by atoms with van der Waals surface area (Å²) in [5.74, 6) is 0. The van der Waals surface area contributed by atoms with Crippen LogP contribution in [0.1, 0.15) is 23.3 Å². The Labute approximate surface area is 166 Å². The molecular weight excluding hydrogens is 387 g/mol. The number of nitrogens with zero attached hydrogens (tertiary/aromatic N) is 1. The Morgan fingerprint density at radius 3 is 2.26 bits per heavy atom. The lowest BCUT2D eigenvalue weighted by Gasteiger charge is -2.20. The second-order valence-electron chi connectivity index (χ2n) is 6.04. The molecular formula is C20H16Cl2N2O3. The van der Waals surface area contributed by atoms with Gasteiger partial charge in [0.2, 0.25) is 0 Å². The summed E-state index contributed by atoms with van der Waals surface area (Å²) in [6.07, 6.45) is -1.28. The summed E-state index contributed by atoms with van der Waals surface area (Å²) < 4.78 is 0. The summed E-state index contributed by atoms with van der Waals surface area (Å²) in [5.41, 5.74) is 8.13. The van der Waals surface area contributed by atoms with Gasteiger partial charge in [0.25, 0.3) is 5.69 Å². The maximum atomic E-state index is 11.6. The number of rotatable bonds is 5. The predicted octanol–water partition coefficient (Wildman–Crippen LogP) is 5.30. The van der Waals surface area contributed by atoms with Crippen LogP contribution in [0.15, 0.2) is 66.7 Å². The van der Waals surface area contributed by atoms with Crippen LogP contribution in [0.5, 0.6) is 0 Å². The number of benzene rings is 3. The minimum absolute atomic E-state index is 0.137. The molecule has 27 heavy (non-hydrogen) atoms. The first-order valence-electron chi connectivity index (χ1n) is 8.11. The largest absolute Gasteiger partial charge is 0.386 e. The van der Waals surface area contributed by atoms with Gasteiger partial charge in [0.05, 0.1) is 26.6 Å². The third-order valence-corrected chi connectivity index (χ3v) is 5.06. The SMILES string of the molecule is NC(c1ccc(Cl)c(Cl)c1)C(O)c1ccc(-c2ccccc2)cc1[N+](=O)[O-]. The molecule has 3 aromatic rings. The van der Waals surface area contributed by atoms with Crippen LogP contribution in [0.25, 0.3) is 11.1 Å². The van der Waals surface area contributed by atoms with Gasteiger partial charge in [-0.15, -0.1) is 0 Å². The third kappa shape index (κ3) is 4.12. The first-order chi connectivity index (χ1) is 12.9. The predicted molar refractivity (Wildman–Crippen MR) is 107 cm³/mol. The van der Waals surface area contributed by atoms with Gasteiger partial charge >= 0.3 is 0 Å². The van der Waals surface area contributed by atoms with Gasteiger partial charge in [0.1, 0.15) is 6.10 Å². The molecule has 0 fully saturated rings. The summed E-state index contributed by atoms with van der Waals surface area (Å²) in [4.78, 5) is 11.1. The summed E-state index contributed by atoms with van der Waals surface area (Å²) in [7, 11) is 0. The van der Waals surface area contributed by atoms with Crippen molar-refractivity contribution in [1.29, 1.82) is 0 Å². The van der Waals surface area contributed by atoms with Crippen LogP contribution < -0.4 is 5.73 Å². The molecule has 0 aliphatic heterocycles. The minimum Gasteiger partial charge on any atom is -0.386 e. The molecule has 2 atom stereocenters. The van der Waals surface area contributed by atoms with Gasteiger partial charge in [-0.2, -0.15) is 0 Å². The van der Waals surface area contributed by atoms with Crippen LogP contribution in [-0.4, -0.2) is 10.0 Å². The zero-order valence-electron chi connectivity index (χ0n) is 14.0. The normalized spacial score (nSPS) is 13.2. The Bertz CT molecular complexity index is 980. The Morgan fingerprint density at radius 2 is 1.63 bits per heavy atom. The van der Waals surface area contributed by atoms with Crippen molar-refractivity contribution in [2.75, 3.05) is 0 Å². The van der Waals surface area contributed by atoms with E-state index in [2.05, 4.69) is 0 Å². The molecule has 0 aliphatic carbocycles. The van der Waals surface area contributed by atoms with E-state index in [9.17, 15) is 15.2 Å². The molecule has 0 heterocycles. The number of hydrogen-bond donors (Lipinski definition) is 2. The minimum atomic E-state index is -1.28. The zero-order chi connectivity index (χ0) is 19.6. The molecule has 3 N–H and O–H groups in total. The molecule has 2 unspecified atom stereocenters. The van der Waals surface area contributed by atoms with E-state index in [1.54, 1.807) is 24.3 Å². The summed E-state index contributed by atoms with van der Waals surface area (Å²) in [6, 6.07) is 17.8. The standard InChI is InChI=1S/C20H16Cl2N2O3/c21-16-9-7-14(10-17(16)22)19(23)20(25)15-8-6-13(11-18(15)24(26)27)12-4-2-1-3-5-12/h1-11,19-20,25H,23H2. The van der Waals surface area contributed by atoms with Crippen molar-refractivity contribution < 1.29 is 10.0 Å². The Balaban J connectivity index is 1.99. The molecule has 0 radical (unpaired) electrons. The number of nitrogens with two attached hydrogens (primary N) is 1. The van der Waals surface area contributed by atoms with Gasteiger partial charge in [0.15, 0.2) is 0 Å². The molecule has 138 valence electrons. The van der Waals surface area contributed by atoms with E-state index in [0.29, 0.717) is 21.2 Å². The van der Waals surface area contributed by atoms with Crippen molar-refractivity contribution in [3.63, 3.8) is 0 Å². The lowest BCUT2D eigenvalue weighted by molar-refractivity contribution is -0.386. The van der Waals surface area contributed by atoms with E-state index in [4.69, 9.17) is 28.9 Å². The molecule has 0 saturated heterocycles.